The van der Waals surface area contributed by atoms with Gasteiger partial charge in [-0.3, -0.25) is 14.8 Å². The fourth-order valence-electron chi connectivity index (χ4n) is 2.20. The summed E-state index contributed by atoms with van der Waals surface area (Å²) in [6.45, 7) is 1.59. The van der Waals surface area contributed by atoms with Crippen molar-refractivity contribution in [2.45, 2.75) is 6.54 Å². The van der Waals surface area contributed by atoms with Crippen molar-refractivity contribution in [1.29, 1.82) is 0 Å². The van der Waals surface area contributed by atoms with Crippen molar-refractivity contribution in [2.24, 2.45) is 5.41 Å². The molecular formula is C13H14N4O4. The average Bonchev–Trinajstić information content (AvgIpc) is 2.91. The largest absolute Gasteiger partial charge is 0.396 e. The van der Waals surface area contributed by atoms with Crippen LogP contribution in [0.2, 0.25) is 0 Å². The van der Waals surface area contributed by atoms with Gasteiger partial charge in [0.1, 0.15) is 6.33 Å². The SMILES string of the molecule is O=[N+]([O-])c1ccc(-c2ncn(CC3(CO)COC3)n2)cc1. The lowest BCUT2D eigenvalue weighted by atomic mass is 9.87. The summed E-state index contributed by atoms with van der Waals surface area (Å²) >= 11 is 0. The van der Waals surface area contributed by atoms with E-state index >= 15 is 0 Å². The Hall–Kier alpha value is -2.32. The average molecular weight is 290 g/mol. The Balaban J connectivity index is 1.76. The van der Waals surface area contributed by atoms with Crippen molar-refractivity contribution in [3.8, 4) is 11.4 Å². The summed E-state index contributed by atoms with van der Waals surface area (Å²) in [5.41, 5.74) is 0.465. The Morgan fingerprint density at radius 2 is 2.10 bits per heavy atom. The van der Waals surface area contributed by atoms with Crippen LogP contribution in [-0.2, 0) is 11.3 Å². The number of ether oxygens (including phenoxy) is 1. The summed E-state index contributed by atoms with van der Waals surface area (Å²) in [6.07, 6.45) is 1.59. The quantitative estimate of drug-likeness (QED) is 0.647. The Morgan fingerprint density at radius 3 is 2.62 bits per heavy atom. The maximum absolute atomic E-state index is 10.6. The number of rotatable bonds is 5. The lowest BCUT2D eigenvalue weighted by molar-refractivity contribution is -0.384. The van der Waals surface area contributed by atoms with Crippen molar-refractivity contribution < 1.29 is 14.8 Å². The highest BCUT2D eigenvalue weighted by Crippen LogP contribution is 2.29. The second-order valence-electron chi connectivity index (χ2n) is 5.22. The van der Waals surface area contributed by atoms with Crippen LogP contribution in [0.15, 0.2) is 30.6 Å². The third kappa shape index (κ3) is 2.63. The van der Waals surface area contributed by atoms with Gasteiger partial charge in [-0.2, -0.15) is 5.10 Å². The van der Waals surface area contributed by atoms with Gasteiger partial charge >= 0.3 is 0 Å². The van der Waals surface area contributed by atoms with Crippen molar-refractivity contribution in [1.82, 2.24) is 14.8 Å². The highest BCUT2D eigenvalue weighted by molar-refractivity contribution is 5.56. The number of hydrogen-bond acceptors (Lipinski definition) is 6. The summed E-state index contributed by atoms with van der Waals surface area (Å²) in [4.78, 5) is 14.4. The van der Waals surface area contributed by atoms with E-state index in [4.69, 9.17) is 4.74 Å². The van der Waals surface area contributed by atoms with Gasteiger partial charge in [0.25, 0.3) is 5.69 Å². The standard InChI is InChI=1S/C13H14N4O4/c18-6-13(7-21-8-13)5-16-9-14-12(15-16)10-1-3-11(4-2-10)17(19)20/h1-4,9,18H,5-8H2. The normalized spacial score (nSPS) is 16.4. The maximum Gasteiger partial charge on any atom is 0.269 e. The monoisotopic (exact) mass is 290 g/mol. The Bertz CT molecular complexity index is 643. The lowest BCUT2D eigenvalue weighted by Crippen LogP contribution is -2.48. The van der Waals surface area contributed by atoms with Crippen molar-refractivity contribution >= 4 is 5.69 Å². The van der Waals surface area contributed by atoms with Gasteiger partial charge in [0.2, 0.25) is 0 Å². The van der Waals surface area contributed by atoms with Gasteiger partial charge in [-0.15, -0.1) is 0 Å². The van der Waals surface area contributed by atoms with Crippen molar-refractivity contribution in [3.63, 3.8) is 0 Å². The maximum atomic E-state index is 10.6. The molecule has 1 saturated heterocycles. The fraction of sp³-hybridized carbons (Fsp3) is 0.385. The van der Waals surface area contributed by atoms with Crippen LogP contribution in [-0.4, -0.2) is 44.6 Å². The van der Waals surface area contributed by atoms with Gasteiger partial charge in [0.15, 0.2) is 5.82 Å². The molecule has 0 aliphatic carbocycles. The summed E-state index contributed by atoms with van der Waals surface area (Å²) in [7, 11) is 0. The molecule has 0 saturated carbocycles. The molecule has 1 fully saturated rings. The summed E-state index contributed by atoms with van der Waals surface area (Å²) in [5.74, 6) is 0.498. The van der Waals surface area contributed by atoms with Crippen LogP contribution >= 0.6 is 0 Å². The first-order valence-corrected chi connectivity index (χ1v) is 6.45. The minimum atomic E-state index is -0.447. The summed E-state index contributed by atoms with van der Waals surface area (Å²) in [5, 5.41) is 24.4. The first-order valence-electron chi connectivity index (χ1n) is 6.45. The number of aromatic nitrogens is 3. The summed E-state index contributed by atoms with van der Waals surface area (Å²) in [6, 6.07) is 6.08. The van der Waals surface area contributed by atoms with E-state index in [2.05, 4.69) is 10.1 Å². The molecule has 8 heteroatoms. The number of nitrogens with zero attached hydrogens (tertiary/aromatic N) is 4. The number of hydrogen-bond donors (Lipinski definition) is 1. The minimum Gasteiger partial charge on any atom is -0.396 e. The third-order valence-corrected chi connectivity index (χ3v) is 3.52. The molecule has 0 spiro atoms. The molecule has 110 valence electrons. The van der Waals surface area contributed by atoms with Gasteiger partial charge in [0.05, 0.1) is 36.7 Å². The van der Waals surface area contributed by atoms with Gasteiger partial charge < -0.3 is 9.84 Å². The van der Waals surface area contributed by atoms with E-state index in [1.165, 1.54) is 12.1 Å². The molecule has 0 unspecified atom stereocenters. The lowest BCUT2D eigenvalue weighted by Gasteiger charge is -2.39. The topological polar surface area (TPSA) is 103 Å². The third-order valence-electron chi connectivity index (χ3n) is 3.52. The summed E-state index contributed by atoms with van der Waals surface area (Å²) < 4.78 is 6.81. The molecule has 1 aromatic heterocycles. The van der Waals surface area contributed by atoms with Gasteiger partial charge in [-0.05, 0) is 12.1 Å². The Morgan fingerprint density at radius 1 is 1.38 bits per heavy atom. The molecule has 2 heterocycles. The second-order valence-corrected chi connectivity index (χ2v) is 5.22. The number of nitro groups is 1. The number of benzene rings is 1. The van der Waals surface area contributed by atoms with E-state index in [-0.39, 0.29) is 17.7 Å². The van der Waals surface area contributed by atoms with Crippen LogP contribution in [0.5, 0.6) is 0 Å². The highest BCUT2D eigenvalue weighted by atomic mass is 16.6. The molecular weight excluding hydrogens is 276 g/mol. The van der Waals surface area contributed by atoms with Crippen LogP contribution in [0.25, 0.3) is 11.4 Å². The zero-order chi connectivity index (χ0) is 14.9. The first kappa shape index (κ1) is 13.7. The number of aliphatic hydroxyl groups excluding tert-OH is 1. The van der Waals surface area contributed by atoms with E-state index in [1.807, 2.05) is 0 Å². The zero-order valence-corrected chi connectivity index (χ0v) is 11.2. The molecule has 1 aliphatic heterocycles. The number of aliphatic hydroxyl groups is 1. The van der Waals surface area contributed by atoms with Crippen LogP contribution in [0.3, 0.4) is 0 Å². The predicted molar refractivity (Wildman–Crippen MR) is 72.5 cm³/mol. The minimum absolute atomic E-state index is 0.0315. The molecule has 1 N–H and O–H groups in total. The predicted octanol–water partition coefficient (Wildman–Crippen LogP) is 0.862. The molecule has 21 heavy (non-hydrogen) atoms. The van der Waals surface area contributed by atoms with Gasteiger partial charge in [-0.1, -0.05) is 0 Å². The number of nitro benzene ring substituents is 1. The molecule has 0 radical (unpaired) electrons. The Labute approximate surface area is 120 Å². The number of non-ortho nitro benzene ring substituents is 1. The highest BCUT2D eigenvalue weighted by Gasteiger charge is 2.38. The van der Waals surface area contributed by atoms with Crippen LogP contribution < -0.4 is 0 Å². The zero-order valence-electron chi connectivity index (χ0n) is 11.2. The van der Waals surface area contributed by atoms with Crippen molar-refractivity contribution in [3.05, 3.63) is 40.7 Å². The van der Waals surface area contributed by atoms with E-state index in [0.717, 1.165) is 0 Å². The van der Waals surface area contributed by atoms with Crippen LogP contribution in [0.4, 0.5) is 5.69 Å². The second kappa shape index (κ2) is 5.23. The van der Waals surface area contributed by atoms with E-state index < -0.39 is 4.92 Å². The van der Waals surface area contributed by atoms with Gasteiger partial charge in [-0.25, -0.2) is 4.98 Å². The molecule has 8 nitrogen and oxygen atoms in total. The van der Waals surface area contributed by atoms with E-state index in [9.17, 15) is 15.2 Å². The van der Waals surface area contributed by atoms with Crippen molar-refractivity contribution in [2.75, 3.05) is 19.8 Å². The molecule has 2 aromatic rings. The van der Waals surface area contributed by atoms with E-state index in [1.54, 1.807) is 23.1 Å². The van der Waals surface area contributed by atoms with Gasteiger partial charge in [0, 0.05) is 17.7 Å². The van der Waals surface area contributed by atoms with Crippen LogP contribution in [0, 0.1) is 15.5 Å². The molecule has 0 bridgehead atoms. The first-order chi connectivity index (χ1) is 10.1. The van der Waals surface area contributed by atoms with Crippen LogP contribution in [0.1, 0.15) is 0 Å². The molecule has 0 amide bonds. The smallest absolute Gasteiger partial charge is 0.269 e. The Kier molecular flexibility index (Phi) is 3.40. The molecule has 3 rings (SSSR count). The van der Waals surface area contributed by atoms with E-state index in [0.29, 0.717) is 31.1 Å². The fourth-order valence-corrected chi connectivity index (χ4v) is 2.20. The molecule has 1 aliphatic rings. The molecule has 1 aromatic carbocycles. The molecule has 0 atom stereocenters.